The summed E-state index contributed by atoms with van der Waals surface area (Å²) in [5.41, 5.74) is 1.79. The SMILES string of the molecule is Cc1nc(C(=O)O)c2ccc(N3CCOCC3)cn12. The number of carbonyl (C=O) groups is 1. The Morgan fingerprint density at radius 1 is 1.37 bits per heavy atom. The fourth-order valence-corrected chi connectivity index (χ4v) is 2.39. The molecule has 0 unspecified atom stereocenters. The van der Waals surface area contributed by atoms with Gasteiger partial charge in [0.15, 0.2) is 5.69 Å². The van der Waals surface area contributed by atoms with E-state index in [1.807, 2.05) is 29.7 Å². The first-order valence-electron chi connectivity index (χ1n) is 6.21. The van der Waals surface area contributed by atoms with Crippen LogP contribution in [0.4, 0.5) is 5.69 Å². The standard InChI is InChI=1S/C13H15N3O3/c1-9-14-12(13(17)18)11-3-2-10(8-16(9)11)15-4-6-19-7-5-15/h2-3,8H,4-7H2,1H3,(H,17,18). The van der Waals surface area contributed by atoms with Gasteiger partial charge in [-0.1, -0.05) is 0 Å². The molecule has 0 atom stereocenters. The maximum Gasteiger partial charge on any atom is 0.356 e. The molecule has 2 aromatic heterocycles. The first kappa shape index (κ1) is 12.0. The number of nitrogens with zero attached hydrogens (tertiary/aromatic N) is 3. The van der Waals surface area contributed by atoms with Crippen molar-refractivity contribution in [1.29, 1.82) is 0 Å². The average molecular weight is 261 g/mol. The van der Waals surface area contributed by atoms with E-state index in [1.54, 1.807) is 0 Å². The molecule has 0 aromatic carbocycles. The molecular weight excluding hydrogens is 246 g/mol. The van der Waals surface area contributed by atoms with Gasteiger partial charge >= 0.3 is 5.97 Å². The van der Waals surface area contributed by atoms with Crippen LogP contribution in [0.15, 0.2) is 18.3 Å². The third-order valence-electron chi connectivity index (χ3n) is 3.38. The largest absolute Gasteiger partial charge is 0.476 e. The minimum absolute atomic E-state index is 0.103. The highest BCUT2D eigenvalue weighted by atomic mass is 16.5. The van der Waals surface area contributed by atoms with Crippen molar-refractivity contribution in [3.8, 4) is 0 Å². The Bertz CT molecular complexity index is 629. The van der Waals surface area contributed by atoms with Gasteiger partial charge in [0.25, 0.3) is 0 Å². The van der Waals surface area contributed by atoms with E-state index in [-0.39, 0.29) is 5.69 Å². The number of hydrogen-bond donors (Lipinski definition) is 1. The van der Waals surface area contributed by atoms with E-state index in [4.69, 9.17) is 9.84 Å². The second kappa shape index (κ2) is 4.55. The maximum atomic E-state index is 11.1. The second-order valence-corrected chi connectivity index (χ2v) is 4.55. The summed E-state index contributed by atoms with van der Waals surface area (Å²) in [6.07, 6.45) is 1.94. The van der Waals surface area contributed by atoms with Crippen LogP contribution in [0.25, 0.3) is 5.52 Å². The molecule has 6 nitrogen and oxygen atoms in total. The molecule has 0 amide bonds. The number of aromatic nitrogens is 2. The lowest BCUT2D eigenvalue weighted by atomic mass is 10.3. The molecule has 0 radical (unpaired) electrons. The van der Waals surface area contributed by atoms with Crippen molar-refractivity contribution in [3.63, 3.8) is 0 Å². The summed E-state index contributed by atoms with van der Waals surface area (Å²) in [5.74, 6) is -0.313. The van der Waals surface area contributed by atoms with Gasteiger partial charge in [-0.15, -0.1) is 0 Å². The zero-order valence-corrected chi connectivity index (χ0v) is 10.7. The number of hydrogen-bond acceptors (Lipinski definition) is 4. The molecule has 1 N–H and O–H groups in total. The minimum atomic E-state index is -0.996. The summed E-state index contributed by atoms with van der Waals surface area (Å²) in [5, 5.41) is 9.11. The molecule has 19 heavy (non-hydrogen) atoms. The van der Waals surface area contributed by atoms with Crippen LogP contribution in [0, 0.1) is 6.92 Å². The molecule has 1 aliphatic rings. The molecule has 100 valence electrons. The Kier molecular flexibility index (Phi) is 2.87. The number of pyridine rings is 1. The highest BCUT2D eigenvalue weighted by Crippen LogP contribution is 2.20. The van der Waals surface area contributed by atoms with E-state index in [2.05, 4.69) is 9.88 Å². The first-order chi connectivity index (χ1) is 9.16. The lowest BCUT2D eigenvalue weighted by Gasteiger charge is -2.28. The van der Waals surface area contributed by atoms with E-state index in [0.29, 0.717) is 11.3 Å². The Balaban J connectivity index is 2.05. The third kappa shape index (κ3) is 2.04. The van der Waals surface area contributed by atoms with E-state index in [1.165, 1.54) is 0 Å². The van der Waals surface area contributed by atoms with Crippen LogP contribution >= 0.6 is 0 Å². The lowest BCUT2D eigenvalue weighted by molar-refractivity contribution is 0.0693. The van der Waals surface area contributed by atoms with Gasteiger partial charge in [0.1, 0.15) is 5.82 Å². The molecule has 0 saturated carbocycles. The molecular formula is C13H15N3O3. The predicted octanol–water partition coefficient (Wildman–Crippen LogP) is 1.18. The van der Waals surface area contributed by atoms with Crippen molar-refractivity contribution in [1.82, 2.24) is 9.38 Å². The zero-order chi connectivity index (χ0) is 13.4. The predicted molar refractivity (Wildman–Crippen MR) is 69.9 cm³/mol. The van der Waals surface area contributed by atoms with Gasteiger partial charge in [0, 0.05) is 19.3 Å². The van der Waals surface area contributed by atoms with Gasteiger partial charge in [-0.05, 0) is 19.1 Å². The molecule has 0 bridgehead atoms. The monoisotopic (exact) mass is 261 g/mol. The molecule has 1 saturated heterocycles. The summed E-state index contributed by atoms with van der Waals surface area (Å²) < 4.78 is 7.16. The summed E-state index contributed by atoms with van der Waals surface area (Å²) >= 11 is 0. The Morgan fingerprint density at radius 2 is 2.11 bits per heavy atom. The first-order valence-corrected chi connectivity index (χ1v) is 6.21. The number of ether oxygens (including phenoxy) is 1. The lowest BCUT2D eigenvalue weighted by Crippen LogP contribution is -2.36. The molecule has 1 fully saturated rings. The highest BCUT2D eigenvalue weighted by Gasteiger charge is 2.17. The number of carboxylic acids is 1. The Morgan fingerprint density at radius 3 is 2.79 bits per heavy atom. The number of morpholine rings is 1. The second-order valence-electron chi connectivity index (χ2n) is 4.55. The summed E-state index contributed by atoms with van der Waals surface area (Å²) in [7, 11) is 0. The van der Waals surface area contributed by atoms with Crippen LogP contribution in [-0.4, -0.2) is 46.8 Å². The summed E-state index contributed by atoms with van der Waals surface area (Å²) in [6, 6.07) is 3.75. The minimum Gasteiger partial charge on any atom is -0.476 e. The van der Waals surface area contributed by atoms with Crippen LogP contribution in [-0.2, 0) is 4.74 Å². The van der Waals surface area contributed by atoms with Gasteiger partial charge in [0.2, 0.25) is 0 Å². The fourth-order valence-electron chi connectivity index (χ4n) is 2.39. The Labute approximate surface area is 110 Å². The quantitative estimate of drug-likeness (QED) is 0.879. The molecule has 0 aliphatic carbocycles. The fraction of sp³-hybridized carbons (Fsp3) is 0.385. The van der Waals surface area contributed by atoms with Crippen molar-refractivity contribution in [3.05, 3.63) is 29.8 Å². The topological polar surface area (TPSA) is 67.1 Å². The number of anilines is 1. The van der Waals surface area contributed by atoms with Crippen molar-refractivity contribution in [2.45, 2.75) is 6.92 Å². The third-order valence-corrected chi connectivity index (χ3v) is 3.38. The van der Waals surface area contributed by atoms with Crippen LogP contribution in [0.3, 0.4) is 0 Å². The smallest absolute Gasteiger partial charge is 0.356 e. The summed E-state index contributed by atoms with van der Waals surface area (Å²) in [6.45, 7) is 4.96. The van der Waals surface area contributed by atoms with Gasteiger partial charge in [-0.3, -0.25) is 0 Å². The number of aryl methyl sites for hydroxylation is 1. The average Bonchev–Trinajstić information content (AvgIpc) is 2.77. The van der Waals surface area contributed by atoms with Gasteiger partial charge in [0.05, 0.1) is 24.4 Å². The van der Waals surface area contributed by atoms with Crippen molar-refractivity contribution in [2.75, 3.05) is 31.2 Å². The molecule has 3 heterocycles. The van der Waals surface area contributed by atoms with Crippen LogP contribution in [0.1, 0.15) is 16.3 Å². The van der Waals surface area contributed by atoms with E-state index in [9.17, 15) is 4.79 Å². The van der Waals surface area contributed by atoms with Crippen molar-refractivity contribution in [2.24, 2.45) is 0 Å². The molecule has 0 spiro atoms. The number of carboxylic acid groups (broad SMARTS) is 1. The Hall–Kier alpha value is -2.08. The van der Waals surface area contributed by atoms with E-state index < -0.39 is 5.97 Å². The maximum absolute atomic E-state index is 11.1. The summed E-state index contributed by atoms with van der Waals surface area (Å²) in [4.78, 5) is 17.4. The van der Waals surface area contributed by atoms with Gasteiger partial charge in [-0.25, -0.2) is 9.78 Å². The van der Waals surface area contributed by atoms with Crippen LogP contribution in [0.5, 0.6) is 0 Å². The molecule has 6 heteroatoms. The number of aromatic carboxylic acids is 1. The molecule has 3 rings (SSSR count). The normalized spacial score (nSPS) is 15.9. The number of fused-ring (bicyclic) bond motifs is 1. The van der Waals surface area contributed by atoms with Gasteiger partial charge < -0.3 is 19.1 Å². The van der Waals surface area contributed by atoms with Gasteiger partial charge in [-0.2, -0.15) is 0 Å². The number of imidazole rings is 1. The number of rotatable bonds is 2. The van der Waals surface area contributed by atoms with E-state index >= 15 is 0 Å². The highest BCUT2D eigenvalue weighted by molar-refractivity contribution is 5.93. The van der Waals surface area contributed by atoms with Crippen molar-refractivity contribution < 1.29 is 14.6 Å². The molecule has 2 aromatic rings. The van der Waals surface area contributed by atoms with E-state index in [0.717, 1.165) is 32.0 Å². The zero-order valence-electron chi connectivity index (χ0n) is 10.7. The van der Waals surface area contributed by atoms with Crippen LogP contribution in [0.2, 0.25) is 0 Å². The van der Waals surface area contributed by atoms with Crippen molar-refractivity contribution >= 4 is 17.2 Å². The molecule has 1 aliphatic heterocycles. The van der Waals surface area contributed by atoms with Crippen LogP contribution < -0.4 is 4.90 Å².